The van der Waals surface area contributed by atoms with Crippen LogP contribution in [0.5, 0.6) is 5.75 Å². The molecule has 0 amide bonds. The molecule has 2 heteroatoms. The van der Waals surface area contributed by atoms with Gasteiger partial charge in [0.25, 0.3) is 0 Å². The van der Waals surface area contributed by atoms with Crippen molar-refractivity contribution in [2.75, 3.05) is 0 Å². The highest BCUT2D eigenvalue weighted by atomic mass is 32.2. The average Bonchev–Trinajstić information content (AvgIpc) is 1.91. The summed E-state index contributed by atoms with van der Waals surface area (Å²) in [5.74, 6) is 0.373. The second kappa shape index (κ2) is 3.40. The van der Waals surface area contributed by atoms with E-state index < -0.39 is 0 Å². The Hall–Kier alpha value is -0.630. The van der Waals surface area contributed by atoms with Gasteiger partial charge in [0.15, 0.2) is 0 Å². The van der Waals surface area contributed by atoms with Gasteiger partial charge in [0.1, 0.15) is 5.75 Å². The molecule has 66 valence electrons. The van der Waals surface area contributed by atoms with Crippen molar-refractivity contribution in [1.29, 1.82) is 0 Å². The van der Waals surface area contributed by atoms with E-state index in [1.54, 1.807) is 17.8 Å². The van der Waals surface area contributed by atoms with Gasteiger partial charge in [-0.1, -0.05) is 32.9 Å². The van der Waals surface area contributed by atoms with E-state index in [0.717, 1.165) is 4.90 Å². The molecule has 0 saturated heterocycles. The number of phenolic OH excluding ortho intramolecular Hbond substituents is 1. The number of aromatic hydroxyl groups is 1. The van der Waals surface area contributed by atoms with E-state index in [2.05, 4.69) is 20.8 Å². The molecule has 1 nitrogen and oxygen atoms in total. The first-order chi connectivity index (χ1) is 5.49. The topological polar surface area (TPSA) is 20.2 Å². The molecule has 12 heavy (non-hydrogen) atoms. The summed E-state index contributed by atoms with van der Waals surface area (Å²) in [6, 6.07) is 7.43. The van der Waals surface area contributed by atoms with Crippen LogP contribution in [-0.4, -0.2) is 9.85 Å². The Morgan fingerprint density at radius 2 is 1.75 bits per heavy atom. The predicted molar refractivity (Wildman–Crippen MR) is 53.7 cm³/mol. The molecule has 1 aromatic carbocycles. The second-order valence-corrected chi connectivity index (χ2v) is 5.55. The van der Waals surface area contributed by atoms with Crippen LogP contribution in [0.2, 0.25) is 0 Å². The summed E-state index contributed by atoms with van der Waals surface area (Å²) in [7, 11) is 0. The summed E-state index contributed by atoms with van der Waals surface area (Å²) in [5, 5.41) is 9.45. The molecule has 0 radical (unpaired) electrons. The Morgan fingerprint density at radius 3 is 2.25 bits per heavy atom. The van der Waals surface area contributed by atoms with E-state index in [1.165, 1.54) is 0 Å². The lowest BCUT2D eigenvalue weighted by Crippen LogP contribution is -2.06. The zero-order valence-corrected chi connectivity index (χ0v) is 8.48. The van der Waals surface area contributed by atoms with Crippen molar-refractivity contribution < 1.29 is 5.11 Å². The minimum atomic E-state index is 0.152. The molecule has 0 aromatic heterocycles. The van der Waals surface area contributed by atoms with E-state index in [1.807, 2.05) is 18.2 Å². The third-order valence-electron chi connectivity index (χ3n) is 1.28. The lowest BCUT2D eigenvalue weighted by molar-refractivity contribution is 0.462. The molecule has 0 unspecified atom stereocenters. The Kier molecular flexibility index (Phi) is 2.68. The van der Waals surface area contributed by atoms with Gasteiger partial charge in [0, 0.05) is 9.64 Å². The lowest BCUT2D eigenvalue weighted by atomic mass is 10.3. The van der Waals surface area contributed by atoms with Crippen molar-refractivity contribution in [3.63, 3.8) is 0 Å². The van der Waals surface area contributed by atoms with E-state index in [4.69, 9.17) is 0 Å². The smallest absolute Gasteiger partial charge is 0.129 e. The van der Waals surface area contributed by atoms with Crippen LogP contribution in [0.25, 0.3) is 0 Å². The Balaban J connectivity index is 2.83. The zero-order valence-electron chi connectivity index (χ0n) is 7.66. The van der Waals surface area contributed by atoms with Crippen molar-refractivity contribution in [2.45, 2.75) is 30.4 Å². The Labute approximate surface area is 77.8 Å². The summed E-state index contributed by atoms with van der Waals surface area (Å²) in [6.45, 7) is 6.39. The fourth-order valence-electron chi connectivity index (χ4n) is 0.873. The number of rotatable bonds is 1. The molecule has 0 heterocycles. The van der Waals surface area contributed by atoms with Gasteiger partial charge in [-0.15, -0.1) is 11.8 Å². The van der Waals surface area contributed by atoms with E-state index in [9.17, 15) is 5.11 Å². The number of phenols is 1. The number of benzene rings is 1. The maximum atomic E-state index is 9.45. The highest BCUT2D eigenvalue weighted by molar-refractivity contribution is 8.00. The second-order valence-electron chi connectivity index (χ2n) is 3.68. The van der Waals surface area contributed by atoms with Crippen LogP contribution < -0.4 is 0 Å². The summed E-state index contributed by atoms with van der Waals surface area (Å²) in [5.41, 5.74) is 0. The normalized spacial score (nSPS) is 11.6. The number of para-hydroxylation sites is 1. The average molecular weight is 182 g/mol. The Bertz CT molecular complexity index is 263. The van der Waals surface area contributed by atoms with Crippen molar-refractivity contribution in [2.24, 2.45) is 0 Å². The minimum absolute atomic E-state index is 0.152. The van der Waals surface area contributed by atoms with Crippen molar-refractivity contribution in [3.05, 3.63) is 24.3 Å². The van der Waals surface area contributed by atoms with Crippen molar-refractivity contribution in [3.8, 4) is 5.75 Å². The molecule has 0 aliphatic rings. The highest BCUT2D eigenvalue weighted by Gasteiger charge is 2.13. The predicted octanol–water partition coefficient (Wildman–Crippen LogP) is 3.28. The van der Waals surface area contributed by atoms with Gasteiger partial charge in [0.05, 0.1) is 0 Å². The van der Waals surface area contributed by atoms with Gasteiger partial charge in [0.2, 0.25) is 0 Å². The largest absolute Gasteiger partial charge is 0.507 e. The van der Waals surface area contributed by atoms with Gasteiger partial charge in [-0.05, 0) is 12.1 Å². The molecule has 1 N–H and O–H groups in total. The minimum Gasteiger partial charge on any atom is -0.507 e. The van der Waals surface area contributed by atoms with Crippen LogP contribution in [0, 0.1) is 0 Å². The van der Waals surface area contributed by atoms with Crippen LogP contribution in [0.3, 0.4) is 0 Å². The first-order valence-corrected chi connectivity index (χ1v) is 4.78. The monoisotopic (exact) mass is 182 g/mol. The third-order valence-corrected chi connectivity index (χ3v) is 2.46. The van der Waals surface area contributed by atoms with Gasteiger partial charge in [-0.3, -0.25) is 0 Å². The van der Waals surface area contributed by atoms with Crippen LogP contribution >= 0.6 is 11.8 Å². The molecular weight excluding hydrogens is 168 g/mol. The molecule has 1 aromatic rings. The zero-order chi connectivity index (χ0) is 9.19. The van der Waals surface area contributed by atoms with Crippen molar-refractivity contribution >= 4 is 11.8 Å². The summed E-state index contributed by atoms with van der Waals surface area (Å²) >= 11 is 1.68. The molecule has 0 aliphatic heterocycles. The molecule has 1 rings (SSSR count). The molecule has 0 saturated carbocycles. The third kappa shape index (κ3) is 2.78. The molecular formula is C10H14OS. The number of hydrogen-bond donors (Lipinski definition) is 1. The van der Waals surface area contributed by atoms with Crippen LogP contribution in [0.4, 0.5) is 0 Å². The number of hydrogen-bond acceptors (Lipinski definition) is 2. The van der Waals surface area contributed by atoms with Gasteiger partial charge < -0.3 is 5.11 Å². The Morgan fingerprint density at radius 1 is 1.17 bits per heavy atom. The first-order valence-electron chi connectivity index (χ1n) is 3.96. The SMILES string of the molecule is CC(C)(C)Sc1ccccc1O. The van der Waals surface area contributed by atoms with E-state index in [0.29, 0.717) is 5.75 Å². The van der Waals surface area contributed by atoms with Crippen LogP contribution in [-0.2, 0) is 0 Å². The number of thioether (sulfide) groups is 1. The van der Waals surface area contributed by atoms with Crippen LogP contribution in [0.15, 0.2) is 29.2 Å². The molecule has 0 aliphatic carbocycles. The standard InChI is InChI=1S/C10H14OS/c1-10(2,3)12-9-7-5-4-6-8(9)11/h4-7,11H,1-3H3. The summed E-state index contributed by atoms with van der Waals surface area (Å²) in [6.07, 6.45) is 0. The molecule has 0 spiro atoms. The summed E-state index contributed by atoms with van der Waals surface area (Å²) in [4.78, 5) is 0.949. The molecule has 0 fully saturated rings. The van der Waals surface area contributed by atoms with Gasteiger partial charge in [-0.25, -0.2) is 0 Å². The fourth-order valence-corrected chi connectivity index (χ4v) is 1.85. The summed E-state index contributed by atoms with van der Waals surface area (Å²) < 4.78 is 0.152. The fraction of sp³-hybridized carbons (Fsp3) is 0.400. The highest BCUT2D eigenvalue weighted by Crippen LogP contribution is 2.36. The molecule has 0 bridgehead atoms. The van der Waals surface area contributed by atoms with Gasteiger partial charge in [-0.2, -0.15) is 0 Å². The van der Waals surface area contributed by atoms with Gasteiger partial charge >= 0.3 is 0 Å². The maximum absolute atomic E-state index is 9.45. The van der Waals surface area contributed by atoms with Crippen molar-refractivity contribution in [1.82, 2.24) is 0 Å². The lowest BCUT2D eigenvalue weighted by Gasteiger charge is -2.17. The quantitative estimate of drug-likeness (QED) is 0.672. The van der Waals surface area contributed by atoms with Crippen LogP contribution in [0.1, 0.15) is 20.8 Å². The maximum Gasteiger partial charge on any atom is 0.129 e. The first kappa shape index (κ1) is 9.46. The van der Waals surface area contributed by atoms with E-state index >= 15 is 0 Å². The van der Waals surface area contributed by atoms with E-state index in [-0.39, 0.29) is 4.75 Å². The molecule has 0 atom stereocenters.